The lowest BCUT2D eigenvalue weighted by Gasteiger charge is -2.08. The molecule has 2 aromatic carbocycles. The summed E-state index contributed by atoms with van der Waals surface area (Å²) in [6, 6.07) is 14.8. The van der Waals surface area contributed by atoms with Crippen molar-refractivity contribution in [3.63, 3.8) is 0 Å². The van der Waals surface area contributed by atoms with Crippen LogP contribution < -0.4 is 5.32 Å². The molecule has 0 amide bonds. The largest absolute Gasteiger partial charge is 0.381 e. The van der Waals surface area contributed by atoms with Crippen molar-refractivity contribution >= 4 is 33.0 Å². The SMILES string of the molecule is Cc1cc(CNc2ccc(-c3nccs3)cc2)ccc1Br. The van der Waals surface area contributed by atoms with Crippen molar-refractivity contribution in [3.8, 4) is 10.6 Å². The van der Waals surface area contributed by atoms with Gasteiger partial charge in [0, 0.05) is 33.8 Å². The molecule has 0 bridgehead atoms. The molecule has 3 aromatic rings. The molecule has 3 rings (SSSR count). The number of aromatic nitrogens is 1. The molecule has 21 heavy (non-hydrogen) atoms. The number of rotatable bonds is 4. The maximum Gasteiger partial charge on any atom is 0.123 e. The van der Waals surface area contributed by atoms with Gasteiger partial charge < -0.3 is 5.32 Å². The Morgan fingerprint density at radius 1 is 1.14 bits per heavy atom. The van der Waals surface area contributed by atoms with Crippen molar-refractivity contribution in [2.75, 3.05) is 5.32 Å². The summed E-state index contributed by atoms with van der Waals surface area (Å²) in [6.07, 6.45) is 1.84. The lowest BCUT2D eigenvalue weighted by atomic mass is 10.1. The van der Waals surface area contributed by atoms with Crippen LogP contribution in [0.2, 0.25) is 0 Å². The van der Waals surface area contributed by atoms with E-state index in [1.165, 1.54) is 11.1 Å². The molecule has 0 radical (unpaired) electrons. The maximum atomic E-state index is 4.32. The summed E-state index contributed by atoms with van der Waals surface area (Å²) in [7, 11) is 0. The van der Waals surface area contributed by atoms with Crippen LogP contribution in [0.4, 0.5) is 5.69 Å². The molecular weight excluding hydrogens is 344 g/mol. The topological polar surface area (TPSA) is 24.9 Å². The second-order valence-corrected chi connectivity index (χ2v) is 6.60. The fourth-order valence-corrected chi connectivity index (χ4v) is 3.01. The monoisotopic (exact) mass is 358 g/mol. The molecular formula is C17H15BrN2S. The lowest BCUT2D eigenvalue weighted by Crippen LogP contribution is -1.99. The van der Waals surface area contributed by atoms with E-state index in [2.05, 4.69) is 75.6 Å². The molecule has 2 nitrogen and oxygen atoms in total. The Balaban J connectivity index is 1.66. The summed E-state index contributed by atoms with van der Waals surface area (Å²) < 4.78 is 1.15. The standard InChI is InChI=1S/C17H15BrN2S/c1-12-10-13(2-7-16(12)18)11-20-15-5-3-14(4-6-15)17-19-8-9-21-17/h2-10,20H,11H2,1H3. The Morgan fingerprint density at radius 2 is 1.95 bits per heavy atom. The molecule has 0 aliphatic carbocycles. The Kier molecular flexibility index (Phi) is 4.36. The molecule has 1 N–H and O–H groups in total. The van der Waals surface area contributed by atoms with Gasteiger partial charge in [-0.2, -0.15) is 0 Å². The van der Waals surface area contributed by atoms with Crippen LogP contribution in [0.25, 0.3) is 10.6 Å². The van der Waals surface area contributed by atoms with E-state index in [0.717, 1.165) is 27.3 Å². The van der Waals surface area contributed by atoms with E-state index in [1.54, 1.807) is 11.3 Å². The van der Waals surface area contributed by atoms with Crippen molar-refractivity contribution in [2.24, 2.45) is 0 Å². The van der Waals surface area contributed by atoms with Gasteiger partial charge in [-0.15, -0.1) is 11.3 Å². The number of aryl methyl sites for hydroxylation is 1. The van der Waals surface area contributed by atoms with Crippen LogP contribution in [-0.4, -0.2) is 4.98 Å². The fraction of sp³-hybridized carbons (Fsp3) is 0.118. The molecule has 4 heteroatoms. The maximum absolute atomic E-state index is 4.32. The number of thiazole rings is 1. The second kappa shape index (κ2) is 6.41. The van der Waals surface area contributed by atoms with Gasteiger partial charge in [-0.05, 0) is 48.4 Å². The summed E-state index contributed by atoms with van der Waals surface area (Å²) >= 11 is 5.19. The number of halogens is 1. The molecule has 0 fully saturated rings. The first-order chi connectivity index (χ1) is 10.2. The summed E-state index contributed by atoms with van der Waals surface area (Å²) in [5, 5.41) is 6.51. The van der Waals surface area contributed by atoms with Gasteiger partial charge in [0.2, 0.25) is 0 Å². The Morgan fingerprint density at radius 3 is 2.62 bits per heavy atom. The van der Waals surface area contributed by atoms with E-state index in [4.69, 9.17) is 0 Å². The van der Waals surface area contributed by atoms with Gasteiger partial charge >= 0.3 is 0 Å². The Hall–Kier alpha value is -1.65. The minimum Gasteiger partial charge on any atom is -0.381 e. The average Bonchev–Trinajstić information content (AvgIpc) is 3.03. The molecule has 0 unspecified atom stereocenters. The number of nitrogens with zero attached hydrogens (tertiary/aromatic N) is 1. The molecule has 0 saturated carbocycles. The van der Waals surface area contributed by atoms with Crippen molar-refractivity contribution in [1.82, 2.24) is 4.98 Å². The first-order valence-electron chi connectivity index (χ1n) is 6.71. The summed E-state index contributed by atoms with van der Waals surface area (Å²) in [5.41, 5.74) is 4.82. The Bertz CT molecular complexity index is 721. The van der Waals surface area contributed by atoms with Gasteiger partial charge in [-0.1, -0.05) is 28.1 Å². The second-order valence-electron chi connectivity index (χ2n) is 4.85. The zero-order valence-electron chi connectivity index (χ0n) is 11.6. The van der Waals surface area contributed by atoms with E-state index >= 15 is 0 Å². The minimum atomic E-state index is 0.824. The molecule has 1 heterocycles. The molecule has 0 aliphatic heterocycles. The summed E-state index contributed by atoms with van der Waals surface area (Å²) in [6.45, 7) is 2.93. The minimum absolute atomic E-state index is 0.824. The normalized spacial score (nSPS) is 10.6. The first kappa shape index (κ1) is 14.3. The van der Waals surface area contributed by atoms with Crippen LogP contribution >= 0.6 is 27.3 Å². The van der Waals surface area contributed by atoms with Crippen LogP contribution in [0.15, 0.2) is 58.5 Å². The number of nitrogens with one attached hydrogen (secondary N) is 1. The van der Waals surface area contributed by atoms with Gasteiger partial charge in [0.25, 0.3) is 0 Å². The number of benzene rings is 2. The first-order valence-corrected chi connectivity index (χ1v) is 8.38. The van der Waals surface area contributed by atoms with Gasteiger partial charge in [0.15, 0.2) is 0 Å². The van der Waals surface area contributed by atoms with Crippen LogP contribution in [0, 0.1) is 6.92 Å². The van der Waals surface area contributed by atoms with E-state index < -0.39 is 0 Å². The zero-order chi connectivity index (χ0) is 14.7. The quantitative estimate of drug-likeness (QED) is 0.666. The third kappa shape index (κ3) is 3.52. The molecule has 0 aliphatic rings. The smallest absolute Gasteiger partial charge is 0.123 e. The van der Waals surface area contributed by atoms with E-state index in [-0.39, 0.29) is 0 Å². The van der Waals surface area contributed by atoms with Crippen LogP contribution in [0.1, 0.15) is 11.1 Å². The lowest BCUT2D eigenvalue weighted by molar-refractivity contribution is 1.14. The predicted molar refractivity (Wildman–Crippen MR) is 93.8 cm³/mol. The molecule has 106 valence electrons. The Labute approximate surface area is 137 Å². The van der Waals surface area contributed by atoms with Crippen molar-refractivity contribution in [1.29, 1.82) is 0 Å². The van der Waals surface area contributed by atoms with E-state index in [1.807, 2.05) is 11.6 Å². The van der Waals surface area contributed by atoms with Crippen LogP contribution in [0.3, 0.4) is 0 Å². The number of hydrogen-bond donors (Lipinski definition) is 1. The van der Waals surface area contributed by atoms with Gasteiger partial charge in [0.1, 0.15) is 5.01 Å². The number of hydrogen-bond acceptors (Lipinski definition) is 3. The highest BCUT2D eigenvalue weighted by atomic mass is 79.9. The summed E-state index contributed by atoms with van der Waals surface area (Å²) in [5.74, 6) is 0. The fourth-order valence-electron chi connectivity index (χ4n) is 2.12. The third-order valence-corrected chi connectivity index (χ3v) is 5.00. The van der Waals surface area contributed by atoms with E-state index in [0.29, 0.717) is 0 Å². The van der Waals surface area contributed by atoms with Crippen LogP contribution in [-0.2, 0) is 6.54 Å². The van der Waals surface area contributed by atoms with Gasteiger partial charge in [-0.25, -0.2) is 4.98 Å². The van der Waals surface area contributed by atoms with Crippen LogP contribution in [0.5, 0.6) is 0 Å². The zero-order valence-corrected chi connectivity index (χ0v) is 14.0. The molecule has 1 aromatic heterocycles. The highest BCUT2D eigenvalue weighted by molar-refractivity contribution is 9.10. The van der Waals surface area contributed by atoms with Gasteiger partial charge in [-0.3, -0.25) is 0 Å². The highest BCUT2D eigenvalue weighted by Crippen LogP contribution is 2.23. The molecule has 0 atom stereocenters. The molecule has 0 saturated heterocycles. The van der Waals surface area contributed by atoms with Crippen molar-refractivity contribution < 1.29 is 0 Å². The van der Waals surface area contributed by atoms with Crippen molar-refractivity contribution in [2.45, 2.75) is 13.5 Å². The summed E-state index contributed by atoms with van der Waals surface area (Å²) in [4.78, 5) is 4.32. The van der Waals surface area contributed by atoms with E-state index in [9.17, 15) is 0 Å². The third-order valence-electron chi connectivity index (χ3n) is 3.28. The van der Waals surface area contributed by atoms with Gasteiger partial charge in [0.05, 0.1) is 0 Å². The average molecular weight is 359 g/mol. The highest BCUT2D eigenvalue weighted by Gasteiger charge is 2.01. The predicted octanol–water partition coefficient (Wildman–Crippen LogP) is 5.49. The van der Waals surface area contributed by atoms with Crippen molar-refractivity contribution in [3.05, 3.63) is 69.6 Å². The molecule has 0 spiro atoms. The number of anilines is 1.